The number of hydrogen-bond donors (Lipinski definition) is 0. The number of aromatic nitrogens is 2. The molecule has 5 heteroatoms. The van der Waals surface area contributed by atoms with E-state index in [1.165, 1.54) is 5.56 Å². The van der Waals surface area contributed by atoms with Crippen LogP contribution in [-0.4, -0.2) is 52.1 Å². The van der Waals surface area contributed by atoms with E-state index in [0.717, 1.165) is 45.1 Å². The Balaban J connectivity index is 1.47. The molecule has 3 rings (SSSR count). The van der Waals surface area contributed by atoms with Crippen molar-refractivity contribution in [2.45, 2.75) is 19.4 Å². The van der Waals surface area contributed by atoms with E-state index in [4.69, 9.17) is 0 Å². The van der Waals surface area contributed by atoms with Crippen LogP contribution in [0, 0.1) is 5.82 Å². The molecule has 2 aromatic rings. The summed E-state index contributed by atoms with van der Waals surface area (Å²) in [5.41, 5.74) is 1.21. The molecule has 1 saturated heterocycles. The monoisotopic (exact) mass is 316 g/mol. The van der Waals surface area contributed by atoms with Crippen LogP contribution >= 0.6 is 0 Å². The molecule has 1 aliphatic rings. The summed E-state index contributed by atoms with van der Waals surface area (Å²) in [5.74, 6) is 1.39. The van der Waals surface area contributed by atoms with Crippen molar-refractivity contribution in [1.82, 2.24) is 19.4 Å². The van der Waals surface area contributed by atoms with Crippen LogP contribution in [0.1, 0.15) is 24.2 Å². The summed E-state index contributed by atoms with van der Waals surface area (Å²) in [7, 11) is 2.04. The molecule has 1 aliphatic heterocycles. The minimum absolute atomic E-state index is 0.163. The minimum atomic E-state index is -0.163. The number of rotatable bonds is 5. The predicted molar refractivity (Wildman–Crippen MR) is 89.7 cm³/mol. The fraction of sp³-hybridized carbons (Fsp3) is 0.500. The highest BCUT2D eigenvalue weighted by Crippen LogP contribution is 2.18. The second-order valence-electron chi connectivity index (χ2n) is 6.48. The third-order valence-electron chi connectivity index (χ3n) is 4.72. The molecular formula is C18H25FN4. The van der Waals surface area contributed by atoms with Crippen LogP contribution in [0.2, 0.25) is 0 Å². The van der Waals surface area contributed by atoms with Gasteiger partial charge in [-0.15, -0.1) is 0 Å². The summed E-state index contributed by atoms with van der Waals surface area (Å²) in [6, 6.07) is 6.90. The van der Waals surface area contributed by atoms with E-state index in [-0.39, 0.29) is 5.82 Å². The van der Waals surface area contributed by atoms with Crippen molar-refractivity contribution < 1.29 is 4.39 Å². The molecule has 0 N–H and O–H groups in total. The second kappa shape index (κ2) is 7.23. The van der Waals surface area contributed by atoms with Crippen molar-refractivity contribution >= 4 is 0 Å². The topological polar surface area (TPSA) is 24.3 Å². The molecule has 1 fully saturated rings. The first-order valence-corrected chi connectivity index (χ1v) is 8.28. The van der Waals surface area contributed by atoms with Gasteiger partial charge in [0.05, 0.1) is 6.54 Å². The lowest BCUT2D eigenvalue weighted by Gasteiger charge is -2.35. The van der Waals surface area contributed by atoms with Crippen molar-refractivity contribution in [2.24, 2.45) is 7.05 Å². The van der Waals surface area contributed by atoms with Gasteiger partial charge in [-0.05, 0) is 23.6 Å². The summed E-state index contributed by atoms with van der Waals surface area (Å²) in [6.07, 6.45) is 3.85. The van der Waals surface area contributed by atoms with Crippen LogP contribution < -0.4 is 0 Å². The molecule has 4 nitrogen and oxygen atoms in total. The van der Waals surface area contributed by atoms with E-state index in [1.807, 2.05) is 31.6 Å². The number of hydrogen-bond acceptors (Lipinski definition) is 3. The number of aryl methyl sites for hydroxylation is 1. The van der Waals surface area contributed by atoms with Crippen LogP contribution in [0.25, 0.3) is 0 Å². The number of nitrogens with zero attached hydrogens (tertiary/aromatic N) is 4. The Bertz CT molecular complexity index is 614. The van der Waals surface area contributed by atoms with Crippen molar-refractivity contribution in [3.63, 3.8) is 0 Å². The minimum Gasteiger partial charge on any atom is -0.337 e. The molecule has 0 radical (unpaired) electrons. The quantitative estimate of drug-likeness (QED) is 0.847. The van der Waals surface area contributed by atoms with Gasteiger partial charge in [0.25, 0.3) is 0 Å². The molecule has 1 aromatic carbocycles. The molecule has 0 amide bonds. The first-order chi connectivity index (χ1) is 11.1. The lowest BCUT2D eigenvalue weighted by Crippen LogP contribution is -2.47. The van der Waals surface area contributed by atoms with Gasteiger partial charge in [0.2, 0.25) is 0 Å². The molecule has 0 saturated carbocycles. The fourth-order valence-electron chi connectivity index (χ4n) is 3.16. The van der Waals surface area contributed by atoms with Gasteiger partial charge in [0.1, 0.15) is 11.6 Å². The highest BCUT2D eigenvalue weighted by atomic mass is 19.1. The number of benzene rings is 1. The highest BCUT2D eigenvalue weighted by Gasteiger charge is 2.20. The fourth-order valence-corrected chi connectivity index (χ4v) is 3.16. The van der Waals surface area contributed by atoms with Gasteiger partial charge < -0.3 is 9.47 Å². The Kier molecular flexibility index (Phi) is 5.08. The molecule has 0 bridgehead atoms. The number of halogens is 1. The van der Waals surface area contributed by atoms with Crippen molar-refractivity contribution in [3.8, 4) is 0 Å². The van der Waals surface area contributed by atoms with Crippen molar-refractivity contribution in [1.29, 1.82) is 0 Å². The maximum Gasteiger partial charge on any atom is 0.123 e. The lowest BCUT2D eigenvalue weighted by atomic mass is 10.0. The summed E-state index contributed by atoms with van der Waals surface area (Å²) in [6.45, 7) is 8.47. The Morgan fingerprint density at radius 3 is 2.35 bits per heavy atom. The zero-order chi connectivity index (χ0) is 16.2. The maximum absolute atomic E-state index is 13.0. The van der Waals surface area contributed by atoms with Gasteiger partial charge >= 0.3 is 0 Å². The number of imidazole rings is 1. The largest absolute Gasteiger partial charge is 0.337 e. The molecule has 0 aliphatic carbocycles. The molecule has 0 spiro atoms. The van der Waals surface area contributed by atoms with E-state index in [2.05, 4.69) is 26.3 Å². The van der Waals surface area contributed by atoms with Crippen molar-refractivity contribution in [2.75, 3.05) is 32.7 Å². The predicted octanol–water partition coefficient (Wildman–Crippen LogP) is 2.48. The SMILES string of the molecule is CC(CN1CCN(Cc2nccn2C)CC1)c1ccc(F)cc1. The maximum atomic E-state index is 13.0. The average molecular weight is 316 g/mol. The molecule has 1 aromatic heterocycles. The van der Waals surface area contributed by atoms with E-state index < -0.39 is 0 Å². The smallest absolute Gasteiger partial charge is 0.123 e. The standard InChI is InChI=1S/C18H25FN4/c1-15(16-3-5-17(19)6-4-16)13-22-9-11-23(12-10-22)14-18-20-7-8-21(18)2/h3-8,15H,9-14H2,1-2H3. The number of piperazine rings is 1. The summed E-state index contributed by atoms with van der Waals surface area (Å²) < 4.78 is 15.1. The van der Waals surface area contributed by atoms with Crippen LogP contribution in [0.4, 0.5) is 4.39 Å². The van der Waals surface area contributed by atoms with Crippen LogP contribution in [0.3, 0.4) is 0 Å². The summed E-state index contributed by atoms with van der Waals surface area (Å²) >= 11 is 0. The Morgan fingerprint density at radius 1 is 1.09 bits per heavy atom. The van der Waals surface area contributed by atoms with E-state index in [9.17, 15) is 4.39 Å². The third kappa shape index (κ3) is 4.18. The third-order valence-corrected chi connectivity index (χ3v) is 4.72. The van der Waals surface area contributed by atoms with Gasteiger partial charge in [0, 0.05) is 52.2 Å². The van der Waals surface area contributed by atoms with Crippen LogP contribution in [-0.2, 0) is 13.6 Å². The molecular weight excluding hydrogens is 291 g/mol. The zero-order valence-corrected chi connectivity index (χ0v) is 14.0. The van der Waals surface area contributed by atoms with Crippen LogP contribution in [0.15, 0.2) is 36.7 Å². The van der Waals surface area contributed by atoms with Gasteiger partial charge in [0.15, 0.2) is 0 Å². The molecule has 124 valence electrons. The molecule has 2 heterocycles. The normalized spacial score (nSPS) is 18.2. The van der Waals surface area contributed by atoms with E-state index in [0.29, 0.717) is 5.92 Å². The van der Waals surface area contributed by atoms with Crippen LogP contribution in [0.5, 0.6) is 0 Å². The van der Waals surface area contributed by atoms with Gasteiger partial charge in [-0.3, -0.25) is 4.90 Å². The lowest BCUT2D eigenvalue weighted by molar-refractivity contribution is 0.120. The Labute approximate surface area is 137 Å². The summed E-state index contributed by atoms with van der Waals surface area (Å²) in [5, 5.41) is 0. The first-order valence-electron chi connectivity index (χ1n) is 8.28. The van der Waals surface area contributed by atoms with E-state index >= 15 is 0 Å². The molecule has 1 unspecified atom stereocenters. The first kappa shape index (κ1) is 16.1. The summed E-state index contributed by atoms with van der Waals surface area (Å²) in [4.78, 5) is 9.36. The average Bonchev–Trinajstić information content (AvgIpc) is 2.95. The van der Waals surface area contributed by atoms with Gasteiger partial charge in [-0.25, -0.2) is 9.37 Å². The highest BCUT2D eigenvalue weighted by molar-refractivity contribution is 5.20. The zero-order valence-electron chi connectivity index (χ0n) is 14.0. The Morgan fingerprint density at radius 2 is 1.74 bits per heavy atom. The van der Waals surface area contributed by atoms with Gasteiger partial charge in [-0.2, -0.15) is 0 Å². The molecule has 23 heavy (non-hydrogen) atoms. The Hall–Kier alpha value is -1.72. The second-order valence-corrected chi connectivity index (χ2v) is 6.48. The molecule has 1 atom stereocenters. The van der Waals surface area contributed by atoms with Crippen molar-refractivity contribution in [3.05, 3.63) is 53.9 Å². The van der Waals surface area contributed by atoms with Gasteiger partial charge in [-0.1, -0.05) is 19.1 Å². The van der Waals surface area contributed by atoms with E-state index in [1.54, 1.807) is 12.1 Å².